The lowest BCUT2D eigenvalue weighted by Crippen LogP contribution is -2.10. The summed E-state index contributed by atoms with van der Waals surface area (Å²) in [5.74, 6) is 0. The first kappa shape index (κ1) is 92.4. The molecular weight excluding hydrogens is 1560 g/mol. The Morgan fingerprint density at radius 2 is 0.256 bits per heavy atom. The first-order valence-electron chi connectivity index (χ1n) is 45.5. The minimum Gasteiger partial charge on any atom is -0.311 e. The van der Waals surface area contributed by atoms with E-state index in [4.69, 9.17) is 0 Å². The van der Waals surface area contributed by atoms with Gasteiger partial charge in [0, 0.05) is 84.1 Å². The molecule has 0 saturated carbocycles. The number of hydrogen-bond acceptors (Lipinski definition) is 5. The van der Waals surface area contributed by atoms with Crippen molar-refractivity contribution in [2.75, 3.05) is 24.5 Å². The molecular formula is C124H117N5. The van der Waals surface area contributed by atoms with Crippen molar-refractivity contribution in [2.45, 2.75) is 69.2 Å². The highest BCUT2D eigenvalue weighted by Crippen LogP contribution is 2.45. The van der Waals surface area contributed by atoms with Crippen molar-refractivity contribution < 1.29 is 0 Å². The van der Waals surface area contributed by atoms with Crippen LogP contribution in [0.15, 0.2) is 528 Å². The van der Waals surface area contributed by atoms with E-state index in [1.54, 1.807) is 0 Å². The summed E-state index contributed by atoms with van der Waals surface area (Å²) in [4.78, 5) is 11.5. The highest BCUT2D eigenvalue weighted by Gasteiger charge is 2.21. The zero-order valence-corrected chi connectivity index (χ0v) is 76.0. The Kier molecular flexibility index (Phi) is 35.5. The van der Waals surface area contributed by atoms with Gasteiger partial charge in [-0.25, -0.2) is 0 Å². The standard InChI is InChI=1S/2C26H19N.2C22H17N.C18H15N.5C2H6/c1-2-14-22(15-3-1)27(25-18-8-12-20-10-4-6-16-23(20)25)26-19-9-13-21-11-5-7-17-24(21)26;1-2-13-23(14-3-1)27(24-18-17-20-9-4-5-11-22(20)19-24)26-16-8-12-21-10-6-7-15-25(21)26;1-3-12-19(13-4-1)23(20-14-5-2-6-15-20)22-17-9-11-18-10-7-8-16-21(18)22;1-3-11-20(12-4-1)23(21-13-5-2-6-14-21)22-16-15-18-9-7-8-10-19(18)17-22;1-4-10-16(11-5-1)19(17-12-6-2-7-13-17)18-14-8-3-9-15-18;5*1-2/h2*1-19H;2*1-17H;1-15H;5*1-2H3. The smallest absolute Gasteiger partial charge is 0.0540 e. The molecule has 21 aromatic carbocycles. The molecule has 0 fully saturated rings. The van der Waals surface area contributed by atoms with Crippen molar-refractivity contribution in [3.63, 3.8) is 0 Å². The van der Waals surface area contributed by atoms with E-state index in [9.17, 15) is 0 Å². The Bertz CT molecular complexity index is 6520. The van der Waals surface area contributed by atoms with E-state index in [1.165, 1.54) is 110 Å². The van der Waals surface area contributed by atoms with E-state index < -0.39 is 0 Å². The molecule has 0 bridgehead atoms. The molecule has 0 aliphatic carbocycles. The van der Waals surface area contributed by atoms with E-state index in [0.717, 1.165) is 39.8 Å². The predicted molar refractivity (Wildman–Crippen MR) is 567 cm³/mol. The summed E-state index contributed by atoms with van der Waals surface area (Å²) in [7, 11) is 0. The van der Waals surface area contributed by atoms with Gasteiger partial charge in [-0.3, -0.25) is 0 Å². The third-order valence-corrected chi connectivity index (χ3v) is 21.1. The molecule has 129 heavy (non-hydrogen) atoms. The molecule has 0 amide bonds. The number of nitrogens with zero attached hydrogens (tertiary/aromatic N) is 5. The second-order valence-corrected chi connectivity index (χ2v) is 28.8. The van der Waals surface area contributed by atoms with Gasteiger partial charge in [-0.15, -0.1) is 0 Å². The van der Waals surface area contributed by atoms with Crippen LogP contribution >= 0.6 is 0 Å². The maximum Gasteiger partial charge on any atom is 0.0540 e. The molecule has 0 spiro atoms. The molecule has 0 aromatic heterocycles. The van der Waals surface area contributed by atoms with Crippen molar-refractivity contribution in [1.29, 1.82) is 0 Å². The number of benzene rings is 21. The van der Waals surface area contributed by atoms with E-state index in [-0.39, 0.29) is 0 Å². The molecule has 638 valence electrons. The molecule has 0 N–H and O–H groups in total. The molecule has 5 heteroatoms. The van der Waals surface area contributed by atoms with Crippen LogP contribution in [0.5, 0.6) is 0 Å². The van der Waals surface area contributed by atoms with Gasteiger partial charge < -0.3 is 24.5 Å². The highest BCUT2D eigenvalue weighted by molar-refractivity contribution is 6.06. The minimum atomic E-state index is 1.16. The zero-order valence-electron chi connectivity index (χ0n) is 76.0. The Labute approximate surface area is 766 Å². The average Bonchev–Trinajstić information content (AvgIpc) is 0.735. The van der Waals surface area contributed by atoms with Crippen LogP contribution < -0.4 is 24.5 Å². The van der Waals surface area contributed by atoms with Gasteiger partial charge in [-0.05, 0) is 201 Å². The quantitative estimate of drug-likeness (QED) is 0.101. The van der Waals surface area contributed by atoms with E-state index in [0.29, 0.717) is 0 Å². The fourth-order valence-corrected chi connectivity index (χ4v) is 15.6. The van der Waals surface area contributed by atoms with Gasteiger partial charge in [-0.2, -0.15) is 0 Å². The first-order valence-corrected chi connectivity index (χ1v) is 45.5. The average molecular weight is 1680 g/mol. The summed E-state index contributed by atoms with van der Waals surface area (Å²) < 4.78 is 0. The molecule has 21 aromatic rings. The number of para-hydroxylation sites is 9. The topological polar surface area (TPSA) is 16.2 Å². The molecule has 0 aliphatic heterocycles. The lowest BCUT2D eigenvalue weighted by molar-refractivity contribution is 1.28. The summed E-state index contributed by atoms with van der Waals surface area (Å²) in [6.45, 7) is 20.0. The molecule has 21 rings (SSSR count). The number of fused-ring (bicyclic) bond motifs is 6. The van der Waals surface area contributed by atoms with Crippen LogP contribution in [0.1, 0.15) is 69.2 Å². The third kappa shape index (κ3) is 23.6. The van der Waals surface area contributed by atoms with E-state index >= 15 is 0 Å². The highest BCUT2D eigenvalue weighted by atomic mass is 15.2. The van der Waals surface area contributed by atoms with E-state index in [2.05, 4.69) is 522 Å². The fraction of sp³-hybridized carbons (Fsp3) is 0.0806. The predicted octanol–water partition coefficient (Wildman–Crippen LogP) is 37.8. The van der Waals surface area contributed by atoms with Gasteiger partial charge in [-0.1, -0.05) is 439 Å². The summed E-state index contributed by atoms with van der Waals surface area (Å²) in [5, 5.41) is 15.0. The van der Waals surface area contributed by atoms with Crippen molar-refractivity contribution in [3.05, 3.63) is 528 Å². The number of anilines is 15. The first-order chi connectivity index (χ1) is 64.1. The Balaban J connectivity index is 0.000000143. The Hall–Kier alpha value is -15.8. The molecule has 0 atom stereocenters. The van der Waals surface area contributed by atoms with Crippen LogP contribution in [0.3, 0.4) is 0 Å². The Morgan fingerprint density at radius 3 is 0.496 bits per heavy atom. The van der Waals surface area contributed by atoms with Crippen molar-refractivity contribution in [1.82, 2.24) is 0 Å². The Morgan fingerprint density at radius 1 is 0.101 bits per heavy atom. The van der Waals surface area contributed by atoms with Crippen LogP contribution in [0, 0.1) is 0 Å². The zero-order chi connectivity index (χ0) is 90.0. The van der Waals surface area contributed by atoms with Gasteiger partial charge in [0.1, 0.15) is 0 Å². The second kappa shape index (κ2) is 49.6. The number of hydrogen-bond donors (Lipinski definition) is 0. The summed E-state index contributed by atoms with van der Waals surface area (Å²) in [6.07, 6.45) is 0. The molecule has 5 nitrogen and oxygen atoms in total. The molecule has 0 aliphatic rings. The minimum absolute atomic E-state index is 1.16. The van der Waals surface area contributed by atoms with Crippen LogP contribution in [-0.4, -0.2) is 0 Å². The summed E-state index contributed by atoms with van der Waals surface area (Å²) in [6, 6.07) is 185. The monoisotopic (exact) mass is 1680 g/mol. The SMILES string of the molecule is CC.CC.CC.CC.CC.c1ccc(N(c2ccc3ccccc3c2)c2cccc3ccccc23)cc1.c1ccc(N(c2cccc3ccccc23)c2cccc3ccccc23)cc1.c1ccc(N(c2ccccc2)c2ccc3ccccc3c2)cc1.c1ccc(N(c2ccccc2)c2cccc3ccccc23)cc1.c1ccc(N(c2ccccc2)c2ccccc2)cc1. The molecule has 0 radical (unpaired) electrons. The van der Waals surface area contributed by atoms with Gasteiger partial charge in [0.05, 0.1) is 22.7 Å². The fourth-order valence-electron chi connectivity index (χ4n) is 15.6. The number of rotatable bonds is 15. The van der Waals surface area contributed by atoms with Gasteiger partial charge in [0.15, 0.2) is 0 Å². The molecule has 0 unspecified atom stereocenters. The van der Waals surface area contributed by atoms with Crippen LogP contribution in [0.2, 0.25) is 0 Å². The molecule has 0 heterocycles. The van der Waals surface area contributed by atoms with Crippen LogP contribution in [0.25, 0.3) is 64.6 Å². The molecule has 0 saturated heterocycles. The normalized spacial score (nSPS) is 10.1. The maximum atomic E-state index is 2.37. The lowest BCUT2D eigenvalue weighted by atomic mass is 10.0. The summed E-state index contributed by atoms with van der Waals surface area (Å²) in [5.41, 5.74) is 17.6. The third-order valence-electron chi connectivity index (χ3n) is 21.1. The van der Waals surface area contributed by atoms with Crippen molar-refractivity contribution in [2.24, 2.45) is 0 Å². The van der Waals surface area contributed by atoms with Crippen LogP contribution in [0.4, 0.5) is 85.3 Å². The van der Waals surface area contributed by atoms with Gasteiger partial charge in [0.25, 0.3) is 0 Å². The van der Waals surface area contributed by atoms with Gasteiger partial charge in [0.2, 0.25) is 0 Å². The van der Waals surface area contributed by atoms with Gasteiger partial charge >= 0.3 is 0 Å². The van der Waals surface area contributed by atoms with Crippen molar-refractivity contribution >= 4 is 150 Å². The maximum absolute atomic E-state index is 2.37. The largest absolute Gasteiger partial charge is 0.311 e. The second-order valence-electron chi connectivity index (χ2n) is 28.8. The lowest BCUT2D eigenvalue weighted by Gasteiger charge is -2.28. The summed E-state index contributed by atoms with van der Waals surface area (Å²) >= 11 is 0. The van der Waals surface area contributed by atoms with Crippen LogP contribution in [-0.2, 0) is 0 Å². The van der Waals surface area contributed by atoms with E-state index in [1.807, 2.05) is 99.6 Å². The van der Waals surface area contributed by atoms with Crippen molar-refractivity contribution in [3.8, 4) is 0 Å².